The van der Waals surface area contributed by atoms with Gasteiger partial charge in [0.15, 0.2) is 0 Å². The lowest BCUT2D eigenvalue weighted by atomic mass is 9.98. The summed E-state index contributed by atoms with van der Waals surface area (Å²) in [5.41, 5.74) is 13.6. The maximum Gasteiger partial charge on any atom is 0.263 e. The van der Waals surface area contributed by atoms with Crippen molar-refractivity contribution in [2.75, 3.05) is 30.3 Å². The van der Waals surface area contributed by atoms with E-state index in [1.54, 1.807) is 0 Å². The Balaban J connectivity index is 1.33. The van der Waals surface area contributed by atoms with E-state index < -0.39 is 0 Å². The van der Waals surface area contributed by atoms with Crippen LogP contribution in [0.4, 0.5) is 11.4 Å². The number of hydrogen-bond donors (Lipinski definition) is 2. The van der Waals surface area contributed by atoms with Crippen LogP contribution in [0.2, 0.25) is 0 Å². The Morgan fingerprint density at radius 3 is 2.69 bits per heavy atom. The number of nitrogens with zero attached hydrogens (tertiary/aromatic N) is 3. The van der Waals surface area contributed by atoms with E-state index >= 15 is 0 Å². The highest BCUT2D eigenvalue weighted by molar-refractivity contribution is 7.21. The molecule has 0 unspecified atom stereocenters. The van der Waals surface area contributed by atoms with Crippen molar-refractivity contribution in [1.82, 2.24) is 15.3 Å². The number of aryl methyl sites for hydroxylation is 2. The normalized spacial score (nSPS) is 13.8. The minimum Gasteiger partial charge on any atom is -0.397 e. The Morgan fingerprint density at radius 1 is 1.06 bits per heavy atom. The third kappa shape index (κ3) is 5.00. The first-order chi connectivity index (χ1) is 17.0. The first kappa shape index (κ1) is 23.3. The van der Waals surface area contributed by atoms with E-state index in [1.165, 1.54) is 53.0 Å². The topological polar surface area (TPSA) is 84.1 Å². The van der Waals surface area contributed by atoms with Gasteiger partial charge in [0.1, 0.15) is 9.71 Å². The van der Waals surface area contributed by atoms with Gasteiger partial charge in [-0.1, -0.05) is 6.07 Å². The molecule has 4 aromatic rings. The molecule has 0 aliphatic carbocycles. The summed E-state index contributed by atoms with van der Waals surface area (Å²) in [6, 6.07) is 14.8. The molecule has 35 heavy (non-hydrogen) atoms. The van der Waals surface area contributed by atoms with E-state index in [4.69, 9.17) is 5.73 Å². The molecular weight excluding hydrogens is 454 g/mol. The van der Waals surface area contributed by atoms with Crippen molar-refractivity contribution in [2.24, 2.45) is 0 Å². The highest BCUT2D eigenvalue weighted by atomic mass is 32.1. The van der Waals surface area contributed by atoms with Gasteiger partial charge in [-0.15, -0.1) is 11.3 Å². The number of pyridine rings is 2. The van der Waals surface area contributed by atoms with Gasteiger partial charge in [-0.3, -0.25) is 9.78 Å². The monoisotopic (exact) mass is 485 g/mol. The molecule has 0 radical (unpaired) electrons. The summed E-state index contributed by atoms with van der Waals surface area (Å²) in [5, 5.41) is 3.90. The maximum atomic E-state index is 12.9. The summed E-state index contributed by atoms with van der Waals surface area (Å²) in [6.07, 6.45) is 6.39. The highest BCUT2D eigenvalue weighted by Gasteiger charge is 2.18. The second-order valence-electron chi connectivity index (χ2n) is 9.24. The van der Waals surface area contributed by atoms with Gasteiger partial charge < -0.3 is 16.0 Å². The van der Waals surface area contributed by atoms with Crippen LogP contribution in [0.3, 0.4) is 0 Å². The first-order valence-corrected chi connectivity index (χ1v) is 13.1. The number of nitrogens with two attached hydrogens (primary N) is 1. The molecule has 4 heterocycles. The molecule has 1 fully saturated rings. The lowest BCUT2D eigenvalue weighted by molar-refractivity contribution is 0.0959. The predicted molar refractivity (Wildman–Crippen MR) is 145 cm³/mol. The van der Waals surface area contributed by atoms with Crippen LogP contribution in [0, 0.1) is 13.8 Å². The number of amides is 1. The molecule has 3 N–H and O–H groups in total. The van der Waals surface area contributed by atoms with E-state index in [-0.39, 0.29) is 5.91 Å². The van der Waals surface area contributed by atoms with Crippen molar-refractivity contribution in [3.63, 3.8) is 0 Å². The molecule has 1 aliphatic heterocycles. The van der Waals surface area contributed by atoms with Crippen LogP contribution in [-0.2, 0) is 6.42 Å². The Kier molecular flexibility index (Phi) is 6.68. The molecule has 0 saturated carbocycles. The number of nitrogens with one attached hydrogen (secondary N) is 1. The van der Waals surface area contributed by atoms with E-state index in [1.807, 2.05) is 32.2 Å². The number of thiophene rings is 1. The van der Waals surface area contributed by atoms with Crippen molar-refractivity contribution in [2.45, 2.75) is 39.5 Å². The number of nitrogen functional groups attached to an aromatic ring is 1. The Bertz CT molecular complexity index is 1370. The number of aromatic nitrogens is 2. The average Bonchev–Trinajstić information content (AvgIpc) is 3.20. The van der Waals surface area contributed by atoms with Crippen LogP contribution in [-0.4, -0.2) is 35.5 Å². The number of piperidine rings is 1. The summed E-state index contributed by atoms with van der Waals surface area (Å²) in [7, 11) is 0. The van der Waals surface area contributed by atoms with Crippen LogP contribution >= 0.6 is 11.3 Å². The third-order valence-electron chi connectivity index (χ3n) is 6.60. The summed E-state index contributed by atoms with van der Waals surface area (Å²) in [6.45, 7) is 6.69. The Labute approximate surface area is 210 Å². The van der Waals surface area contributed by atoms with E-state index in [0.29, 0.717) is 17.1 Å². The summed E-state index contributed by atoms with van der Waals surface area (Å²) in [4.78, 5) is 25.6. The van der Waals surface area contributed by atoms with Gasteiger partial charge in [-0.2, -0.15) is 0 Å². The van der Waals surface area contributed by atoms with Crippen molar-refractivity contribution in [3.05, 3.63) is 70.5 Å². The van der Waals surface area contributed by atoms with Crippen LogP contribution < -0.4 is 16.0 Å². The van der Waals surface area contributed by atoms with Crippen molar-refractivity contribution >= 4 is 38.8 Å². The predicted octanol–water partition coefficient (Wildman–Crippen LogP) is 5.52. The molecule has 1 aliphatic rings. The lowest BCUT2D eigenvalue weighted by Gasteiger charge is -2.31. The van der Waals surface area contributed by atoms with Gasteiger partial charge in [-0.05, 0) is 87.1 Å². The number of rotatable bonds is 6. The van der Waals surface area contributed by atoms with Gasteiger partial charge >= 0.3 is 0 Å². The van der Waals surface area contributed by atoms with Crippen molar-refractivity contribution in [3.8, 4) is 11.1 Å². The van der Waals surface area contributed by atoms with E-state index in [0.717, 1.165) is 41.1 Å². The van der Waals surface area contributed by atoms with Crippen molar-refractivity contribution in [1.29, 1.82) is 0 Å². The molecule has 6 nitrogen and oxygen atoms in total. The number of carbonyl (C=O) groups excluding carboxylic acids is 1. The zero-order chi connectivity index (χ0) is 24.4. The SMILES string of the molecule is Cc1cc(-c2cc(CCNC(=O)c3sc4nc(C)ccc4c3N)ccc2N2CCCCC2)ccn1. The molecule has 0 spiro atoms. The van der Waals surface area contributed by atoms with Crippen LogP contribution in [0.25, 0.3) is 21.3 Å². The minimum absolute atomic E-state index is 0.141. The molecule has 5 rings (SSSR count). The quantitative estimate of drug-likeness (QED) is 0.376. The second kappa shape index (κ2) is 10.0. The maximum absolute atomic E-state index is 12.9. The Morgan fingerprint density at radius 2 is 1.89 bits per heavy atom. The molecule has 0 atom stereocenters. The first-order valence-electron chi connectivity index (χ1n) is 12.2. The van der Waals surface area contributed by atoms with Crippen LogP contribution in [0.5, 0.6) is 0 Å². The molecule has 180 valence electrons. The van der Waals surface area contributed by atoms with Crippen LogP contribution in [0.1, 0.15) is 45.9 Å². The smallest absolute Gasteiger partial charge is 0.263 e. The van der Waals surface area contributed by atoms with E-state index in [9.17, 15) is 4.79 Å². The fourth-order valence-electron chi connectivity index (χ4n) is 4.75. The van der Waals surface area contributed by atoms with Crippen molar-refractivity contribution < 1.29 is 4.79 Å². The number of anilines is 2. The van der Waals surface area contributed by atoms with Gasteiger partial charge in [0.25, 0.3) is 5.91 Å². The number of fused-ring (bicyclic) bond motifs is 1. The van der Waals surface area contributed by atoms with E-state index in [2.05, 4.69) is 50.5 Å². The zero-order valence-electron chi connectivity index (χ0n) is 20.3. The number of benzene rings is 1. The summed E-state index contributed by atoms with van der Waals surface area (Å²) < 4.78 is 0. The van der Waals surface area contributed by atoms with Gasteiger partial charge in [0, 0.05) is 53.9 Å². The zero-order valence-corrected chi connectivity index (χ0v) is 21.1. The van der Waals surface area contributed by atoms with Crippen LogP contribution in [0.15, 0.2) is 48.7 Å². The average molecular weight is 486 g/mol. The third-order valence-corrected chi connectivity index (χ3v) is 7.72. The Hall–Kier alpha value is -3.45. The van der Waals surface area contributed by atoms with Gasteiger partial charge in [0.2, 0.25) is 0 Å². The standard InChI is InChI=1S/C28H31N5OS/c1-18-6-8-22-25(29)26(35-28(22)32-18)27(34)31-12-10-20-7-9-24(33-14-4-3-5-15-33)23(17-20)21-11-13-30-19(2)16-21/h6-9,11,13,16-17H,3-5,10,12,14-15,29H2,1-2H3,(H,31,34). The molecule has 1 amide bonds. The summed E-state index contributed by atoms with van der Waals surface area (Å²) >= 11 is 1.35. The largest absolute Gasteiger partial charge is 0.397 e. The summed E-state index contributed by atoms with van der Waals surface area (Å²) in [5.74, 6) is -0.141. The highest BCUT2D eigenvalue weighted by Crippen LogP contribution is 2.34. The molecule has 1 aromatic carbocycles. The lowest BCUT2D eigenvalue weighted by Crippen LogP contribution is -2.30. The molecule has 7 heteroatoms. The fraction of sp³-hybridized carbons (Fsp3) is 0.321. The van der Waals surface area contributed by atoms with Gasteiger partial charge in [0.05, 0.1) is 5.69 Å². The fourth-order valence-corrected chi connectivity index (χ4v) is 5.81. The van der Waals surface area contributed by atoms with Gasteiger partial charge in [-0.25, -0.2) is 4.98 Å². The molecular formula is C28H31N5OS. The molecule has 0 bridgehead atoms. The molecule has 3 aromatic heterocycles. The second-order valence-corrected chi connectivity index (χ2v) is 10.2. The molecule has 1 saturated heterocycles. The number of carbonyl (C=O) groups is 1. The minimum atomic E-state index is -0.141. The number of hydrogen-bond acceptors (Lipinski definition) is 6.